The minimum Gasteiger partial charge on any atom is -0.379 e. The highest BCUT2D eigenvalue weighted by Crippen LogP contribution is 2.29. The zero-order chi connectivity index (χ0) is 21.6. The number of carbonyl (C=O) groups excluding carboxylic acids is 1. The number of para-hydroxylation sites is 1. The van der Waals surface area contributed by atoms with Crippen LogP contribution >= 0.6 is 23.4 Å². The topological polar surface area (TPSA) is 76.5 Å². The number of ether oxygens (including phenoxy) is 1. The summed E-state index contributed by atoms with van der Waals surface area (Å²) in [5, 5.41) is 4.01. The fourth-order valence-electron chi connectivity index (χ4n) is 4.10. The molecule has 1 aliphatic carbocycles. The number of halogens is 1. The highest BCUT2D eigenvalue weighted by Gasteiger charge is 2.22. The second-order valence-corrected chi connectivity index (χ2v) is 9.13. The largest absolute Gasteiger partial charge is 0.379 e. The third kappa shape index (κ3) is 5.68. The molecule has 2 heterocycles. The number of nitrogens with one attached hydrogen (secondary N) is 1. The second-order valence-electron chi connectivity index (χ2n) is 7.75. The lowest BCUT2D eigenvalue weighted by atomic mass is 10.2. The number of anilines is 1. The first-order valence-electron chi connectivity index (χ1n) is 10.7. The molecule has 1 aromatic carbocycles. The van der Waals surface area contributed by atoms with Gasteiger partial charge in [0.25, 0.3) is 0 Å². The number of aromatic nitrogens is 2. The van der Waals surface area contributed by atoms with Crippen LogP contribution in [0.4, 0.5) is 5.69 Å². The molecule has 0 atom stereocenters. The Morgan fingerprint density at radius 1 is 1.19 bits per heavy atom. The van der Waals surface area contributed by atoms with Gasteiger partial charge in [0.1, 0.15) is 5.03 Å². The molecule has 9 heteroatoms. The van der Waals surface area contributed by atoms with Crippen molar-refractivity contribution < 1.29 is 9.53 Å². The number of hydrogen-bond donors (Lipinski definition) is 1. The van der Waals surface area contributed by atoms with E-state index in [0.29, 0.717) is 22.3 Å². The van der Waals surface area contributed by atoms with E-state index in [2.05, 4.69) is 15.2 Å². The first-order chi connectivity index (χ1) is 15.1. The third-order valence-corrected chi connectivity index (χ3v) is 7.00. The molecule has 0 bridgehead atoms. The van der Waals surface area contributed by atoms with Crippen LogP contribution in [-0.2, 0) is 28.9 Å². The highest BCUT2D eigenvalue weighted by molar-refractivity contribution is 8.00. The maximum atomic E-state index is 12.7. The van der Waals surface area contributed by atoms with E-state index in [9.17, 15) is 9.59 Å². The highest BCUT2D eigenvalue weighted by atomic mass is 35.5. The number of hydrogen-bond acceptors (Lipinski definition) is 6. The van der Waals surface area contributed by atoms with Gasteiger partial charge in [-0.1, -0.05) is 35.5 Å². The van der Waals surface area contributed by atoms with Crippen molar-refractivity contribution in [1.29, 1.82) is 0 Å². The molecule has 1 fully saturated rings. The summed E-state index contributed by atoms with van der Waals surface area (Å²) in [5.74, 6) is 0.0202. The van der Waals surface area contributed by atoms with E-state index in [1.807, 2.05) is 16.7 Å². The van der Waals surface area contributed by atoms with Crippen LogP contribution in [0.25, 0.3) is 0 Å². The molecule has 7 nitrogen and oxygen atoms in total. The number of morpholine rings is 1. The maximum absolute atomic E-state index is 12.7. The van der Waals surface area contributed by atoms with E-state index in [-0.39, 0.29) is 17.3 Å². The fourth-order valence-corrected chi connectivity index (χ4v) is 5.16. The van der Waals surface area contributed by atoms with E-state index in [4.69, 9.17) is 16.3 Å². The lowest BCUT2D eigenvalue weighted by Crippen LogP contribution is -2.37. The first-order valence-corrected chi connectivity index (χ1v) is 12.1. The number of fused-ring (bicyclic) bond motifs is 1. The minimum atomic E-state index is -0.211. The fraction of sp³-hybridized carbons (Fsp3) is 0.500. The Bertz CT molecular complexity index is 991. The summed E-state index contributed by atoms with van der Waals surface area (Å²) in [5.41, 5.74) is 2.60. The van der Waals surface area contributed by atoms with Gasteiger partial charge in [0.05, 0.1) is 29.7 Å². The lowest BCUT2D eigenvalue weighted by Gasteiger charge is -2.26. The normalized spacial score (nSPS) is 16.3. The van der Waals surface area contributed by atoms with E-state index >= 15 is 0 Å². The van der Waals surface area contributed by atoms with Crippen molar-refractivity contribution in [3.8, 4) is 0 Å². The van der Waals surface area contributed by atoms with Crippen molar-refractivity contribution in [1.82, 2.24) is 14.5 Å². The number of benzene rings is 1. The standard InChI is InChI=1S/C22H27ClN4O3S/c23-17-6-1-2-7-18(17)24-20(28)15-31-21-16-5-3-8-19(16)27(22(29)25-21)10-4-9-26-11-13-30-14-12-26/h1-2,6-7H,3-5,8-15H2,(H,24,28). The quantitative estimate of drug-likeness (QED) is 0.480. The molecule has 1 amide bonds. The summed E-state index contributed by atoms with van der Waals surface area (Å²) >= 11 is 7.43. The number of rotatable bonds is 8. The summed E-state index contributed by atoms with van der Waals surface area (Å²) in [6.45, 7) is 5.13. The molecule has 0 saturated carbocycles. The summed E-state index contributed by atoms with van der Waals surface area (Å²) in [4.78, 5) is 31.8. The van der Waals surface area contributed by atoms with Gasteiger partial charge in [-0.25, -0.2) is 4.79 Å². The molecule has 1 saturated heterocycles. The molecule has 1 aromatic heterocycles. The van der Waals surface area contributed by atoms with Gasteiger partial charge in [-0.3, -0.25) is 14.3 Å². The van der Waals surface area contributed by atoms with Crippen LogP contribution in [0.15, 0.2) is 34.1 Å². The Balaban J connectivity index is 1.38. The van der Waals surface area contributed by atoms with Gasteiger partial charge < -0.3 is 10.1 Å². The van der Waals surface area contributed by atoms with Gasteiger partial charge in [-0.05, 0) is 37.8 Å². The average Bonchev–Trinajstić information content (AvgIpc) is 3.26. The van der Waals surface area contributed by atoms with E-state index < -0.39 is 0 Å². The van der Waals surface area contributed by atoms with Crippen LogP contribution < -0.4 is 11.0 Å². The van der Waals surface area contributed by atoms with E-state index in [1.165, 1.54) is 11.8 Å². The monoisotopic (exact) mass is 462 g/mol. The van der Waals surface area contributed by atoms with Crippen molar-refractivity contribution in [2.45, 2.75) is 37.3 Å². The Labute approximate surface area is 191 Å². The molecule has 0 radical (unpaired) electrons. The number of carbonyl (C=O) groups is 1. The van der Waals surface area contributed by atoms with Crippen molar-refractivity contribution >= 4 is 35.0 Å². The summed E-state index contributed by atoms with van der Waals surface area (Å²) in [6.07, 6.45) is 3.73. The molecule has 31 heavy (non-hydrogen) atoms. The Kier molecular flexibility index (Phi) is 7.66. The van der Waals surface area contributed by atoms with Gasteiger partial charge in [0.15, 0.2) is 0 Å². The van der Waals surface area contributed by atoms with Crippen LogP contribution in [-0.4, -0.2) is 59.0 Å². The van der Waals surface area contributed by atoms with Gasteiger partial charge in [-0.2, -0.15) is 4.98 Å². The average molecular weight is 463 g/mol. The molecule has 2 aliphatic rings. The number of nitrogens with zero attached hydrogens (tertiary/aromatic N) is 3. The van der Waals surface area contributed by atoms with Gasteiger partial charge in [0.2, 0.25) is 5.91 Å². The molecule has 0 spiro atoms. The van der Waals surface area contributed by atoms with Gasteiger partial charge in [0, 0.05) is 37.4 Å². The zero-order valence-electron chi connectivity index (χ0n) is 17.4. The Morgan fingerprint density at radius 2 is 2.00 bits per heavy atom. The molecule has 1 N–H and O–H groups in total. The lowest BCUT2D eigenvalue weighted by molar-refractivity contribution is -0.113. The van der Waals surface area contributed by atoms with Crippen molar-refractivity contribution in [3.63, 3.8) is 0 Å². The number of thioether (sulfide) groups is 1. The molecular formula is C22H27ClN4O3S. The van der Waals surface area contributed by atoms with Crippen LogP contribution in [0, 0.1) is 0 Å². The van der Waals surface area contributed by atoms with Gasteiger partial charge in [-0.15, -0.1) is 0 Å². The summed E-state index contributed by atoms with van der Waals surface area (Å²) in [7, 11) is 0. The molecule has 0 unspecified atom stereocenters. The predicted molar refractivity (Wildman–Crippen MR) is 123 cm³/mol. The van der Waals surface area contributed by atoms with E-state index in [0.717, 1.165) is 69.8 Å². The predicted octanol–water partition coefficient (Wildman–Crippen LogP) is 2.84. The van der Waals surface area contributed by atoms with Crippen molar-refractivity contribution in [3.05, 3.63) is 51.0 Å². The van der Waals surface area contributed by atoms with Crippen LogP contribution in [0.1, 0.15) is 24.1 Å². The van der Waals surface area contributed by atoms with Crippen LogP contribution in [0.5, 0.6) is 0 Å². The van der Waals surface area contributed by atoms with Crippen LogP contribution in [0.2, 0.25) is 5.02 Å². The molecule has 4 rings (SSSR count). The Hall–Kier alpha value is -1.87. The maximum Gasteiger partial charge on any atom is 0.348 e. The molecule has 2 aromatic rings. The van der Waals surface area contributed by atoms with E-state index in [1.54, 1.807) is 12.1 Å². The zero-order valence-corrected chi connectivity index (χ0v) is 19.0. The smallest absolute Gasteiger partial charge is 0.348 e. The Morgan fingerprint density at radius 3 is 2.81 bits per heavy atom. The SMILES string of the molecule is O=C(CSc1nc(=O)n(CCCN2CCOCC2)c2c1CCC2)Nc1ccccc1Cl. The first kappa shape index (κ1) is 22.3. The number of amides is 1. The summed E-state index contributed by atoms with van der Waals surface area (Å²) < 4.78 is 7.24. The molecular weight excluding hydrogens is 436 g/mol. The molecule has 1 aliphatic heterocycles. The van der Waals surface area contributed by atoms with Crippen molar-refractivity contribution in [2.75, 3.05) is 43.9 Å². The molecule has 166 valence electrons. The minimum absolute atomic E-state index is 0.165. The third-order valence-electron chi connectivity index (χ3n) is 5.65. The van der Waals surface area contributed by atoms with Crippen molar-refractivity contribution in [2.24, 2.45) is 0 Å². The summed E-state index contributed by atoms with van der Waals surface area (Å²) in [6, 6.07) is 7.13. The van der Waals surface area contributed by atoms with Gasteiger partial charge >= 0.3 is 5.69 Å². The van der Waals surface area contributed by atoms with Crippen LogP contribution in [0.3, 0.4) is 0 Å². The second kappa shape index (κ2) is 10.6.